The summed E-state index contributed by atoms with van der Waals surface area (Å²) in [5, 5.41) is 24.4. The van der Waals surface area contributed by atoms with Crippen LogP contribution in [0.4, 0.5) is 24.8 Å². The number of pyridine rings is 2. The van der Waals surface area contributed by atoms with Gasteiger partial charge in [-0.2, -0.15) is 13.2 Å². The second kappa shape index (κ2) is 9.86. The Labute approximate surface area is 224 Å². The van der Waals surface area contributed by atoms with Gasteiger partial charge in [0.15, 0.2) is 6.29 Å². The van der Waals surface area contributed by atoms with Gasteiger partial charge in [0.2, 0.25) is 0 Å². The van der Waals surface area contributed by atoms with Crippen molar-refractivity contribution >= 4 is 35.2 Å². The zero-order valence-electron chi connectivity index (χ0n) is 20.4. The van der Waals surface area contributed by atoms with Crippen molar-refractivity contribution in [2.75, 3.05) is 5.32 Å². The zero-order chi connectivity index (χ0) is 27.9. The first-order valence-corrected chi connectivity index (χ1v) is 12.6. The second-order valence-corrected chi connectivity index (χ2v) is 10.2. The molecule has 0 amide bonds. The van der Waals surface area contributed by atoms with E-state index in [1.165, 1.54) is 23.5 Å². The molecule has 0 aliphatic heterocycles. The van der Waals surface area contributed by atoms with Crippen LogP contribution < -0.4 is 5.32 Å². The number of carbonyl (C=O) groups is 2. The van der Waals surface area contributed by atoms with Gasteiger partial charge in [-0.15, -0.1) is 11.3 Å². The fraction of sp³-hybridized carbons (Fsp3) is 0.222. The number of fused-ring (bicyclic) bond motifs is 1. The van der Waals surface area contributed by atoms with Gasteiger partial charge in [-0.05, 0) is 73.2 Å². The summed E-state index contributed by atoms with van der Waals surface area (Å²) in [6.07, 6.45) is -0.101. The van der Waals surface area contributed by atoms with Crippen LogP contribution in [0, 0.1) is 6.92 Å². The van der Waals surface area contributed by atoms with Crippen LogP contribution in [-0.2, 0) is 18.2 Å². The molecule has 1 atom stereocenters. The molecule has 3 heterocycles. The van der Waals surface area contributed by atoms with Gasteiger partial charge in [0.1, 0.15) is 22.2 Å². The summed E-state index contributed by atoms with van der Waals surface area (Å²) in [4.78, 5) is 36.9. The standard InChI is InChI=1S/C27H21F3N4O4S/c1-14-9-20(33-23(10-14)34-22-11-15(6-8-31-22)27(28,29)30)21-12-32-25(39-21)26(38)7-2-3-16-18(13-35)17(24(36)37)4-5-19(16)26/h4-6,8-13,38H,2-3,7H2,1H3,(H,36,37)(H,31,33,34). The number of aldehydes is 1. The molecule has 0 spiro atoms. The lowest BCUT2D eigenvalue weighted by Gasteiger charge is -2.33. The van der Waals surface area contributed by atoms with Gasteiger partial charge < -0.3 is 15.5 Å². The van der Waals surface area contributed by atoms with E-state index in [0.717, 1.165) is 23.9 Å². The lowest BCUT2D eigenvalue weighted by molar-refractivity contribution is -0.137. The Hall–Kier alpha value is -4.16. The minimum atomic E-state index is -4.51. The Morgan fingerprint density at radius 2 is 1.95 bits per heavy atom. The largest absolute Gasteiger partial charge is 0.478 e. The Morgan fingerprint density at radius 1 is 1.15 bits per heavy atom. The van der Waals surface area contributed by atoms with Gasteiger partial charge in [0.25, 0.3) is 0 Å². The average Bonchev–Trinajstić information content (AvgIpc) is 3.39. The first-order chi connectivity index (χ1) is 18.5. The normalized spacial score (nSPS) is 16.9. The van der Waals surface area contributed by atoms with E-state index in [4.69, 9.17) is 0 Å². The molecule has 1 aromatic carbocycles. The fourth-order valence-corrected chi connectivity index (χ4v) is 5.78. The van der Waals surface area contributed by atoms with E-state index in [0.29, 0.717) is 52.3 Å². The number of hydrogen-bond acceptors (Lipinski definition) is 8. The third-order valence-electron chi connectivity index (χ3n) is 6.54. The van der Waals surface area contributed by atoms with Gasteiger partial charge in [-0.1, -0.05) is 6.07 Å². The first-order valence-electron chi connectivity index (χ1n) is 11.8. The van der Waals surface area contributed by atoms with E-state index < -0.39 is 23.3 Å². The van der Waals surface area contributed by atoms with E-state index >= 15 is 0 Å². The number of thiazole rings is 1. The third kappa shape index (κ3) is 5.00. The van der Waals surface area contributed by atoms with Gasteiger partial charge >= 0.3 is 12.1 Å². The van der Waals surface area contributed by atoms with Crippen LogP contribution >= 0.6 is 11.3 Å². The lowest BCUT2D eigenvalue weighted by Crippen LogP contribution is -2.33. The number of nitrogens with one attached hydrogen (secondary N) is 1. The van der Waals surface area contributed by atoms with Gasteiger partial charge in [0, 0.05) is 18.0 Å². The SMILES string of the molecule is Cc1cc(Nc2cc(C(F)(F)F)ccn2)nc(-c2cnc(C3(O)CCCc4c3ccc(C(=O)O)c4C=O)s2)c1. The van der Waals surface area contributed by atoms with E-state index in [-0.39, 0.29) is 22.8 Å². The Bertz CT molecular complexity index is 1600. The molecule has 0 saturated heterocycles. The van der Waals surface area contributed by atoms with Crippen LogP contribution in [0.15, 0.2) is 48.8 Å². The number of alkyl halides is 3. The summed E-state index contributed by atoms with van der Waals surface area (Å²) in [6, 6.07) is 8.07. The highest BCUT2D eigenvalue weighted by molar-refractivity contribution is 7.15. The number of anilines is 2. The summed E-state index contributed by atoms with van der Waals surface area (Å²) in [7, 11) is 0. The molecule has 0 bridgehead atoms. The first kappa shape index (κ1) is 26.4. The van der Waals surface area contributed by atoms with E-state index in [1.54, 1.807) is 18.3 Å². The molecule has 3 N–H and O–H groups in total. The molecule has 1 unspecified atom stereocenters. The number of hydrogen-bond donors (Lipinski definition) is 3. The average molecular weight is 555 g/mol. The van der Waals surface area contributed by atoms with Gasteiger partial charge in [0.05, 0.1) is 21.7 Å². The molecule has 39 heavy (non-hydrogen) atoms. The van der Waals surface area contributed by atoms with Crippen molar-refractivity contribution in [2.45, 2.75) is 38.0 Å². The third-order valence-corrected chi connectivity index (χ3v) is 7.71. The molecule has 3 aromatic heterocycles. The number of carboxylic acid groups (broad SMARTS) is 1. The Kier molecular flexibility index (Phi) is 6.69. The quantitative estimate of drug-likeness (QED) is 0.257. The van der Waals surface area contributed by atoms with Gasteiger partial charge in [-0.3, -0.25) is 4.79 Å². The molecular weight excluding hydrogens is 533 g/mol. The maximum absolute atomic E-state index is 13.1. The minimum absolute atomic E-state index is 0.0151. The van der Waals surface area contributed by atoms with Crippen molar-refractivity contribution in [1.29, 1.82) is 0 Å². The molecular formula is C27H21F3N4O4S. The lowest BCUT2D eigenvalue weighted by atomic mass is 9.77. The molecule has 8 nitrogen and oxygen atoms in total. The number of rotatable bonds is 6. The predicted molar refractivity (Wildman–Crippen MR) is 137 cm³/mol. The number of aliphatic hydroxyl groups is 1. The monoisotopic (exact) mass is 554 g/mol. The summed E-state index contributed by atoms with van der Waals surface area (Å²) in [6.45, 7) is 1.81. The van der Waals surface area contributed by atoms with E-state index in [9.17, 15) is 33.0 Å². The van der Waals surface area contributed by atoms with Crippen molar-refractivity contribution < 1.29 is 33.0 Å². The maximum atomic E-state index is 13.1. The van der Waals surface area contributed by atoms with Crippen LogP contribution in [0.5, 0.6) is 0 Å². The Morgan fingerprint density at radius 3 is 2.67 bits per heavy atom. The molecule has 4 aromatic rings. The minimum Gasteiger partial charge on any atom is -0.478 e. The van der Waals surface area contributed by atoms with Crippen LogP contribution in [0.25, 0.3) is 10.6 Å². The number of carbonyl (C=O) groups excluding carboxylic acids is 1. The molecule has 1 aliphatic carbocycles. The highest BCUT2D eigenvalue weighted by Gasteiger charge is 2.40. The number of aromatic carboxylic acids is 1. The number of benzene rings is 1. The summed E-state index contributed by atoms with van der Waals surface area (Å²) in [5.41, 5.74) is -0.236. The van der Waals surface area contributed by atoms with Crippen molar-refractivity contribution in [3.63, 3.8) is 0 Å². The second-order valence-electron chi connectivity index (χ2n) is 9.19. The molecule has 1 aliphatic rings. The van der Waals surface area contributed by atoms with Crippen molar-refractivity contribution in [1.82, 2.24) is 15.0 Å². The summed E-state index contributed by atoms with van der Waals surface area (Å²) in [5.74, 6) is -0.954. The predicted octanol–water partition coefficient (Wildman–Crippen LogP) is 5.75. The number of nitrogens with zero attached hydrogens (tertiary/aromatic N) is 3. The molecule has 0 saturated carbocycles. The van der Waals surface area contributed by atoms with Crippen molar-refractivity contribution in [3.8, 4) is 10.6 Å². The summed E-state index contributed by atoms with van der Waals surface area (Å²) < 4.78 is 39.3. The van der Waals surface area contributed by atoms with Crippen molar-refractivity contribution in [2.24, 2.45) is 0 Å². The number of aromatic nitrogens is 3. The maximum Gasteiger partial charge on any atom is 0.416 e. The van der Waals surface area contributed by atoms with Crippen molar-refractivity contribution in [3.05, 3.63) is 87.2 Å². The van der Waals surface area contributed by atoms with Gasteiger partial charge in [-0.25, -0.2) is 19.7 Å². The zero-order valence-corrected chi connectivity index (χ0v) is 21.2. The molecule has 200 valence electrons. The molecule has 12 heteroatoms. The highest BCUT2D eigenvalue weighted by Crippen LogP contribution is 2.44. The highest BCUT2D eigenvalue weighted by atomic mass is 32.1. The van der Waals surface area contributed by atoms with E-state index in [2.05, 4.69) is 20.3 Å². The number of carboxylic acids is 1. The Balaban J connectivity index is 1.49. The fourth-order valence-electron chi connectivity index (χ4n) is 4.77. The molecule has 0 fully saturated rings. The van der Waals surface area contributed by atoms with Crippen LogP contribution in [0.2, 0.25) is 0 Å². The number of halogens is 3. The van der Waals surface area contributed by atoms with Crippen LogP contribution in [0.3, 0.4) is 0 Å². The number of aryl methyl sites for hydroxylation is 1. The topological polar surface area (TPSA) is 125 Å². The molecule has 0 radical (unpaired) electrons. The van der Waals surface area contributed by atoms with Crippen LogP contribution in [0.1, 0.15) is 60.8 Å². The van der Waals surface area contributed by atoms with Crippen LogP contribution in [-0.4, -0.2) is 37.4 Å². The van der Waals surface area contributed by atoms with E-state index in [1.807, 2.05) is 6.92 Å². The summed E-state index contributed by atoms with van der Waals surface area (Å²) >= 11 is 1.19. The smallest absolute Gasteiger partial charge is 0.416 e. The molecule has 5 rings (SSSR count).